The van der Waals surface area contributed by atoms with Crippen molar-refractivity contribution < 1.29 is 26.7 Å². The minimum atomic E-state index is -4.59. The summed E-state index contributed by atoms with van der Waals surface area (Å²) in [6.45, 7) is 1.70. The molecule has 0 aliphatic heterocycles. The molecule has 0 aliphatic carbocycles. The summed E-state index contributed by atoms with van der Waals surface area (Å²) < 4.78 is 63.6. The lowest BCUT2D eigenvalue weighted by Gasteiger charge is -2.13. The highest BCUT2D eigenvalue weighted by molar-refractivity contribution is 5.81. The van der Waals surface area contributed by atoms with E-state index in [1.165, 1.54) is 19.2 Å². The van der Waals surface area contributed by atoms with E-state index in [2.05, 4.69) is 25.6 Å². The third kappa shape index (κ3) is 4.33. The number of ether oxygens (including phenoxy) is 1. The van der Waals surface area contributed by atoms with Crippen LogP contribution in [0.4, 0.5) is 40.7 Å². The second kappa shape index (κ2) is 7.87. The van der Waals surface area contributed by atoms with Gasteiger partial charge in [0.05, 0.1) is 24.4 Å². The molecular weight excluding hydrogens is 434 g/mol. The molecule has 3 N–H and O–H groups in total. The van der Waals surface area contributed by atoms with Crippen LogP contribution < -0.4 is 21.1 Å². The summed E-state index contributed by atoms with van der Waals surface area (Å²) >= 11 is 0. The van der Waals surface area contributed by atoms with Gasteiger partial charge in [0.1, 0.15) is 5.75 Å². The van der Waals surface area contributed by atoms with Crippen LogP contribution in [0, 0.1) is 12.7 Å². The number of fused-ring (bicyclic) bond motifs is 1. The number of alkyl halides is 3. The first kappa shape index (κ1) is 21.2. The van der Waals surface area contributed by atoms with E-state index in [0.717, 1.165) is 18.3 Å². The lowest BCUT2D eigenvalue weighted by Crippen LogP contribution is -2.07. The molecule has 2 aromatic heterocycles. The molecular formula is C20H15F4N5O3. The predicted molar refractivity (Wildman–Crippen MR) is 108 cm³/mol. The summed E-state index contributed by atoms with van der Waals surface area (Å²) in [6.07, 6.45) is -3.72. The minimum Gasteiger partial charge on any atom is -0.497 e. The van der Waals surface area contributed by atoms with Crippen LogP contribution in [0.15, 0.2) is 45.7 Å². The summed E-state index contributed by atoms with van der Waals surface area (Å²) in [5.41, 5.74) is 0.856. The smallest absolute Gasteiger partial charge is 0.417 e. The molecule has 0 atom stereocenters. The highest BCUT2D eigenvalue weighted by Gasteiger charge is 2.31. The Balaban J connectivity index is 1.64. The van der Waals surface area contributed by atoms with E-state index in [1.807, 2.05) is 0 Å². The Morgan fingerprint density at radius 1 is 1.09 bits per heavy atom. The Labute approximate surface area is 177 Å². The summed E-state index contributed by atoms with van der Waals surface area (Å²) in [7, 11) is 1.24. The molecule has 0 spiro atoms. The maximum atomic E-state index is 14.3. The molecule has 166 valence electrons. The molecule has 4 rings (SSSR count). The van der Waals surface area contributed by atoms with Gasteiger partial charge in [-0.05, 0) is 36.8 Å². The summed E-state index contributed by atoms with van der Waals surface area (Å²) in [6, 6.07) is 6.17. The minimum absolute atomic E-state index is 0.00229. The van der Waals surface area contributed by atoms with Gasteiger partial charge in [-0.15, -0.1) is 0 Å². The number of aryl methyl sites for hydroxylation is 1. The number of hydrogen-bond acceptors (Lipinski definition) is 7. The molecule has 0 saturated carbocycles. The van der Waals surface area contributed by atoms with Crippen molar-refractivity contribution in [3.05, 3.63) is 64.0 Å². The van der Waals surface area contributed by atoms with Crippen LogP contribution in [-0.2, 0) is 6.18 Å². The fourth-order valence-electron chi connectivity index (χ4n) is 3.04. The molecule has 0 unspecified atom stereocenters. The number of halogens is 4. The Hall–Kier alpha value is -4.09. The number of hydrogen-bond donors (Lipinski definition) is 3. The predicted octanol–water partition coefficient (Wildman–Crippen LogP) is 4.87. The maximum absolute atomic E-state index is 14.3. The van der Waals surface area contributed by atoms with E-state index in [9.17, 15) is 22.4 Å². The van der Waals surface area contributed by atoms with Gasteiger partial charge in [-0.25, -0.2) is 14.2 Å². The van der Waals surface area contributed by atoms with E-state index in [1.54, 1.807) is 13.0 Å². The van der Waals surface area contributed by atoms with Crippen molar-refractivity contribution in [2.24, 2.45) is 0 Å². The zero-order valence-electron chi connectivity index (χ0n) is 16.6. The van der Waals surface area contributed by atoms with E-state index in [4.69, 9.17) is 9.15 Å². The largest absolute Gasteiger partial charge is 0.497 e. The quantitative estimate of drug-likeness (QED) is 0.373. The average Bonchev–Trinajstić information content (AvgIpc) is 3.10. The fraction of sp³-hybridized carbons (Fsp3) is 0.150. The van der Waals surface area contributed by atoms with Crippen LogP contribution in [0.5, 0.6) is 5.75 Å². The molecule has 0 bridgehead atoms. The molecule has 2 aromatic carbocycles. The first-order chi connectivity index (χ1) is 15.1. The SMILES string of the molecule is COc1cc(Nc2ncc(F)c(Nc3cc(C)c4oc(=O)[nH]c4c3)n2)cc(C(F)(F)F)c1. The Morgan fingerprint density at radius 3 is 2.56 bits per heavy atom. The number of oxazole rings is 1. The van der Waals surface area contributed by atoms with Crippen molar-refractivity contribution in [1.29, 1.82) is 0 Å². The van der Waals surface area contributed by atoms with Crippen LogP contribution in [0.25, 0.3) is 11.1 Å². The number of anilines is 4. The van der Waals surface area contributed by atoms with Crippen molar-refractivity contribution in [1.82, 2.24) is 15.0 Å². The Morgan fingerprint density at radius 2 is 1.84 bits per heavy atom. The molecule has 0 fully saturated rings. The van der Waals surface area contributed by atoms with Crippen LogP contribution in [0.2, 0.25) is 0 Å². The summed E-state index contributed by atoms with van der Waals surface area (Å²) in [5, 5.41) is 5.38. The van der Waals surface area contributed by atoms with Gasteiger partial charge in [0.25, 0.3) is 0 Å². The molecule has 2 heterocycles. The van der Waals surface area contributed by atoms with E-state index in [0.29, 0.717) is 22.4 Å². The number of nitrogens with one attached hydrogen (secondary N) is 3. The molecule has 0 aliphatic rings. The number of benzene rings is 2. The third-order valence-corrected chi connectivity index (χ3v) is 4.44. The molecule has 8 nitrogen and oxygen atoms in total. The summed E-state index contributed by atoms with van der Waals surface area (Å²) in [5.74, 6) is -1.83. The second-order valence-electron chi connectivity index (χ2n) is 6.77. The Kier molecular flexibility index (Phi) is 5.20. The fourth-order valence-corrected chi connectivity index (χ4v) is 3.04. The van der Waals surface area contributed by atoms with Crippen LogP contribution in [-0.4, -0.2) is 22.1 Å². The normalized spacial score (nSPS) is 11.6. The first-order valence-corrected chi connectivity index (χ1v) is 9.09. The highest BCUT2D eigenvalue weighted by Crippen LogP contribution is 2.35. The number of aromatic nitrogens is 3. The van der Waals surface area contributed by atoms with Gasteiger partial charge in [0.2, 0.25) is 5.95 Å². The van der Waals surface area contributed by atoms with Gasteiger partial charge in [-0.3, -0.25) is 4.98 Å². The Bertz CT molecular complexity index is 1360. The average molecular weight is 449 g/mol. The van der Waals surface area contributed by atoms with Crippen molar-refractivity contribution in [3.63, 3.8) is 0 Å². The number of nitrogens with zero attached hydrogens (tertiary/aromatic N) is 2. The van der Waals surface area contributed by atoms with Crippen LogP contribution in [0.1, 0.15) is 11.1 Å². The van der Waals surface area contributed by atoms with Crippen LogP contribution in [0.3, 0.4) is 0 Å². The number of aromatic amines is 1. The lowest BCUT2D eigenvalue weighted by atomic mass is 10.2. The van der Waals surface area contributed by atoms with Crippen molar-refractivity contribution in [3.8, 4) is 5.75 Å². The molecule has 32 heavy (non-hydrogen) atoms. The standard InChI is InChI=1S/C20H15F4N5O3/c1-9-3-11(7-15-16(9)32-19(30)28-15)26-17-14(21)8-25-18(29-17)27-12-4-10(20(22,23)24)5-13(6-12)31-2/h3-8H,1-2H3,(H,28,30)(H2,25,26,27,29). The van der Waals surface area contributed by atoms with Gasteiger partial charge >= 0.3 is 11.9 Å². The van der Waals surface area contributed by atoms with Crippen LogP contribution >= 0.6 is 0 Å². The van der Waals surface area contributed by atoms with E-state index in [-0.39, 0.29) is 23.2 Å². The van der Waals surface area contributed by atoms with Gasteiger partial charge in [0, 0.05) is 17.4 Å². The lowest BCUT2D eigenvalue weighted by molar-refractivity contribution is -0.137. The van der Waals surface area contributed by atoms with E-state index >= 15 is 0 Å². The maximum Gasteiger partial charge on any atom is 0.417 e. The van der Waals surface area contributed by atoms with Crippen molar-refractivity contribution >= 4 is 34.2 Å². The molecule has 12 heteroatoms. The molecule has 0 saturated heterocycles. The van der Waals surface area contributed by atoms with Crippen molar-refractivity contribution in [2.75, 3.05) is 17.7 Å². The molecule has 0 amide bonds. The van der Waals surface area contributed by atoms with Gasteiger partial charge in [-0.1, -0.05) is 0 Å². The van der Waals surface area contributed by atoms with E-state index < -0.39 is 23.3 Å². The van der Waals surface area contributed by atoms with Gasteiger partial charge in [0.15, 0.2) is 17.2 Å². The van der Waals surface area contributed by atoms with Gasteiger partial charge in [-0.2, -0.15) is 18.2 Å². The molecule has 4 aromatic rings. The number of rotatable bonds is 5. The highest BCUT2D eigenvalue weighted by atomic mass is 19.4. The monoisotopic (exact) mass is 449 g/mol. The van der Waals surface area contributed by atoms with Gasteiger partial charge < -0.3 is 19.8 Å². The number of methoxy groups -OCH3 is 1. The second-order valence-corrected chi connectivity index (χ2v) is 6.77. The summed E-state index contributed by atoms with van der Waals surface area (Å²) in [4.78, 5) is 21.7. The third-order valence-electron chi connectivity index (χ3n) is 4.44. The topological polar surface area (TPSA) is 105 Å². The zero-order valence-corrected chi connectivity index (χ0v) is 16.6. The molecule has 0 radical (unpaired) electrons. The first-order valence-electron chi connectivity index (χ1n) is 9.09. The van der Waals surface area contributed by atoms with Crippen molar-refractivity contribution in [2.45, 2.75) is 13.1 Å². The zero-order chi connectivity index (χ0) is 23.0. The number of H-pyrrole nitrogens is 1.